The number of amides is 3. The van der Waals surface area contributed by atoms with Crippen LogP contribution in [0.2, 0.25) is 10.0 Å². The van der Waals surface area contributed by atoms with Crippen LogP contribution in [0.15, 0.2) is 36.4 Å². The average Bonchev–Trinajstić information content (AvgIpc) is 2.84. The lowest BCUT2D eigenvalue weighted by atomic mass is 9.92. The maximum Gasteiger partial charge on any atom is 0.325 e. The standard InChI is InChI=1S/C20H18Cl2N2O4/c1-20(13-5-2-3-6-14(13)21)18(25)24(19(26)23-20)11-12-9-15(22)17-16(10-12)27-7-4-8-28-17/h2-3,5-6,9-10H,4,7-8,11H2,1H3,(H,23,26). The maximum absolute atomic E-state index is 13.1. The third-order valence-electron chi connectivity index (χ3n) is 4.89. The molecular weight excluding hydrogens is 403 g/mol. The number of rotatable bonds is 3. The lowest BCUT2D eigenvalue weighted by Crippen LogP contribution is -2.41. The molecule has 8 heteroatoms. The van der Waals surface area contributed by atoms with E-state index >= 15 is 0 Å². The molecule has 3 amide bonds. The van der Waals surface area contributed by atoms with Crippen molar-refractivity contribution >= 4 is 35.1 Å². The minimum atomic E-state index is -1.23. The van der Waals surface area contributed by atoms with Crippen LogP contribution in [0, 0.1) is 0 Å². The molecule has 2 aliphatic rings. The third kappa shape index (κ3) is 3.16. The topological polar surface area (TPSA) is 67.9 Å². The van der Waals surface area contributed by atoms with Crippen LogP contribution in [0.1, 0.15) is 24.5 Å². The van der Waals surface area contributed by atoms with Gasteiger partial charge in [-0.1, -0.05) is 41.4 Å². The van der Waals surface area contributed by atoms with Crippen LogP contribution in [-0.2, 0) is 16.9 Å². The summed E-state index contributed by atoms with van der Waals surface area (Å²) in [4.78, 5) is 26.9. The molecule has 2 aromatic carbocycles. The number of carbonyl (C=O) groups is 2. The summed E-state index contributed by atoms with van der Waals surface area (Å²) in [5.74, 6) is 0.621. The zero-order valence-electron chi connectivity index (χ0n) is 15.1. The number of ether oxygens (including phenoxy) is 2. The first kappa shape index (κ1) is 18.9. The molecule has 1 unspecified atom stereocenters. The molecule has 6 nitrogen and oxygen atoms in total. The van der Waals surface area contributed by atoms with Gasteiger partial charge in [-0.15, -0.1) is 0 Å². The predicted octanol–water partition coefficient (Wildman–Crippen LogP) is 4.12. The molecule has 0 spiro atoms. The maximum atomic E-state index is 13.1. The second-order valence-corrected chi connectivity index (χ2v) is 7.70. The molecule has 1 saturated heterocycles. The molecule has 0 aromatic heterocycles. The van der Waals surface area contributed by atoms with Gasteiger partial charge in [0.25, 0.3) is 5.91 Å². The van der Waals surface area contributed by atoms with Gasteiger partial charge in [0.15, 0.2) is 11.5 Å². The minimum Gasteiger partial charge on any atom is -0.489 e. The van der Waals surface area contributed by atoms with E-state index in [0.29, 0.717) is 45.9 Å². The molecule has 0 radical (unpaired) electrons. The Morgan fingerprint density at radius 1 is 1.11 bits per heavy atom. The number of hydrogen-bond donors (Lipinski definition) is 1. The van der Waals surface area contributed by atoms with Crippen molar-refractivity contribution in [2.24, 2.45) is 0 Å². The molecule has 4 rings (SSSR count). The summed E-state index contributed by atoms with van der Waals surface area (Å²) < 4.78 is 11.3. The summed E-state index contributed by atoms with van der Waals surface area (Å²) >= 11 is 12.6. The van der Waals surface area contributed by atoms with Crippen molar-refractivity contribution in [3.8, 4) is 11.5 Å². The SMILES string of the molecule is CC1(c2ccccc2Cl)NC(=O)N(Cc2cc(Cl)c3c(c2)OCCCO3)C1=O. The molecule has 2 aromatic rings. The van der Waals surface area contributed by atoms with Crippen molar-refractivity contribution < 1.29 is 19.1 Å². The van der Waals surface area contributed by atoms with Gasteiger partial charge in [-0.05, 0) is 30.7 Å². The van der Waals surface area contributed by atoms with Crippen LogP contribution in [0.3, 0.4) is 0 Å². The van der Waals surface area contributed by atoms with Crippen LogP contribution in [0.5, 0.6) is 11.5 Å². The molecule has 2 aliphatic heterocycles. The molecule has 1 fully saturated rings. The average molecular weight is 421 g/mol. The zero-order chi connectivity index (χ0) is 19.9. The first-order chi connectivity index (χ1) is 13.4. The van der Waals surface area contributed by atoms with Gasteiger partial charge in [-0.25, -0.2) is 4.79 Å². The third-order valence-corrected chi connectivity index (χ3v) is 5.50. The van der Waals surface area contributed by atoms with Crippen LogP contribution < -0.4 is 14.8 Å². The van der Waals surface area contributed by atoms with Gasteiger partial charge in [0.05, 0.1) is 24.8 Å². The first-order valence-corrected chi connectivity index (χ1v) is 9.63. The highest BCUT2D eigenvalue weighted by Crippen LogP contribution is 2.39. The Bertz CT molecular complexity index is 965. The summed E-state index contributed by atoms with van der Waals surface area (Å²) in [5, 5.41) is 3.56. The van der Waals surface area contributed by atoms with Crippen LogP contribution in [0.25, 0.3) is 0 Å². The van der Waals surface area contributed by atoms with Crippen molar-refractivity contribution in [1.29, 1.82) is 0 Å². The Morgan fingerprint density at radius 2 is 1.86 bits per heavy atom. The van der Waals surface area contributed by atoms with Crippen molar-refractivity contribution in [3.63, 3.8) is 0 Å². The Kier molecular flexibility index (Phi) is 4.85. The van der Waals surface area contributed by atoms with E-state index in [2.05, 4.69) is 5.32 Å². The fourth-order valence-corrected chi connectivity index (χ4v) is 4.06. The molecule has 0 bridgehead atoms. The van der Waals surface area contributed by atoms with Crippen molar-refractivity contribution in [3.05, 3.63) is 57.6 Å². The number of halogens is 2. The first-order valence-electron chi connectivity index (χ1n) is 8.87. The van der Waals surface area contributed by atoms with Gasteiger partial charge in [-0.3, -0.25) is 9.69 Å². The number of nitrogens with one attached hydrogen (secondary N) is 1. The number of hydrogen-bond acceptors (Lipinski definition) is 4. The molecule has 1 atom stereocenters. The number of urea groups is 1. The van der Waals surface area contributed by atoms with E-state index in [0.717, 1.165) is 11.3 Å². The molecule has 2 heterocycles. The Morgan fingerprint density at radius 3 is 2.64 bits per heavy atom. The van der Waals surface area contributed by atoms with E-state index in [1.807, 2.05) is 0 Å². The molecule has 146 valence electrons. The summed E-state index contributed by atoms with van der Waals surface area (Å²) in [6.07, 6.45) is 0.754. The molecule has 28 heavy (non-hydrogen) atoms. The number of nitrogens with zero attached hydrogens (tertiary/aromatic N) is 1. The van der Waals surface area contributed by atoms with E-state index in [4.69, 9.17) is 32.7 Å². The van der Waals surface area contributed by atoms with Gasteiger partial charge in [0.2, 0.25) is 0 Å². The van der Waals surface area contributed by atoms with Gasteiger partial charge >= 0.3 is 6.03 Å². The number of fused-ring (bicyclic) bond motifs is 1. The van der Waals surface area contributed by atoms with Gasteiger partial charge < -0.3 is 14.8 Å². The highest BCUT2D eigenvalue weighted by molar-refractivity contribution is 6.32. The number of benzene rings is 2. The van der Waals surface area contributed by atoms with Gasteiger partial charge in [0, 0.05) is 17.0 Å². The van der Waals surface area contributed by atoms with E-state index in [1.165, 1.54) is 0 Å². The number of carbonyl (C=O) groups excluding carboxylic acids is 2. The summed E-state index contributed by atoms with van der Waals surface area (Å²) in [6.45, 7) is 2.74. The highest BCUT2D eigenvalue weighted by atomic mass is 35.5. The van der Waals surface area contributed by atoms with Crippen LogP contribution in [-0.4, -0.2) is 30.1 Å². The van der Waals surface area contributed by atoms with Gasteiger partial charge in [0.1, 0.15) is 5.54 Å². The van der Waals surface area contributed by atoms with Crippen molar-refractivity contribution in [2.45, 2.75) is 25.4 Å². The highest BCUT2D eigenvalue weighted by Gasteiger charge is 2.49. The molecular formula is C20H18Cl2N2O4. The lowest BCUT2D eigenvalue weighted by Gasteiger charge is -2.23. The van der Waals surface area contributed by atoms with E-state index in [-0.39, 0.29) is 12.5 Å². The van der Waals surface area contributed by atoms with E-state index < -0.39 is 11.6 Å². The van der Waals surface area contributed by atoms with E-state index in [9.17, 15) is 9.59 Å². The predicted molar refractivity (Wildman–Crippen MR) is 105 cm³/mol. The lowest BCUT2D eigenvalue weighted by molar-refractivity contribution is -0.131. The smallest absolute Gasteiger partial charge is 0.325 e. The quantitative estimate of drug-likeness (QED) is 0.758. The minimum absolute atomic E-state index is 0.0566. The van der Waals surface area contributed by atoms with Crippen LogP contribution >= 0.6 is 23.2 Å². The summed E-state index contributed by atoms with van der Waals surface area (Å²) in [6, 6.07) is 9.91. The van der Waals surface area contributed by atoms with Crippen LogP contribution in [0.4, 0.5) is 4.79 Å². The Balaban J connectivity index is 1.63. The number of imide groups is 1. The van der Waals surface area contributed by atoms with Crippen molar-refractivity contribution in [1.82, 2.24) is 10.2 Å². The Labute approximate surface area is 172 Å². The van der Waals surface area contributed by atoms with E-state index in [1.54, 1.807) is 43.3 Å². The summed E-state index contributed by atoms with van der Waals surface area (Å²) in [7, 11) is 0. The second kappa shape index (κ2) is 7.18. The van der Waals surface area contributed by atoms with Gasteiger partial charge in [-0.2, -0.15) is 0 Å². The molecule has 0 aliphatic carbocycles. The van der Waals surface area contributed by atoms with Crippen molar-refractivity contribution in [2.75, 3.05) is 13.2 Å². The Hall–Kier alpha value is -2.44. The fraction of sp³-hybridized carbons (Fsp3) is 0.300. The largest absolute Gasteiger partial charge is 0.489 e. The fourth-order valence-electron chi connectivity index (χ4n) is 3.45. The second-order valence-electron chi connectivity index (χ2n) is 6.88. The monoisotopic (exact) mass is 420 g/mol. The normalized spacial score (nSPS) is 21.5. The molecule has 1 N–H and O–H groups in total. The summed E-state index contributed by atoms with van der Waals surface area (Å²) in [5.41, 5.74) is -0.0137. The molecule has 0 saturated carbocycles. The zero-order valence-corrected chi connectivity index (χ0v) is 16.6.